The zero-order chi connectivity index (χ0) is 23.8. The molecule has 0 N–H and O–H groups in total. The molecule has 2 rings (SSSR count). The van der Waals surface area contributed by atoms with E-state index in [1.165, 1.54) is 21.3 Å². The zero-order valence-electron chi connectivity index (χ0n) is 19.7. The fourth-order valence-electron chi connectivity index (χ4n) is 2.53. The summed E-state index contributed by atoms with van der Waals surface area (Å²) in [6, 6.07) is 8.21. The van der Waals surface area contributed by atoms with E-state index in [2.05, 4.69) is 0 Å². The van der Waals surface area contributed by atoms with Gasteiger partial charge in [-0.15, -0.1) is 0 Å². The Labute approximate surface area is 218 Å². The average Bonchev–Trinajstić information content (AvgIpc) is 2.75. The molecule has 176 valence electrons. The first-order valence-corrected chi connectivity index (χ1v) is 11.5. The first-order chi connectivity index (χ1) is 15.2. The van der Waals surface area contributed by atoms with E-state index in [9.17, 15) is 4.79 Å². The van der Waals surface area contributed by atoms with E-state index in [-0.39, 0.29) is 40.0 Å². The van der Waals surface area contributed by atoms with Crippen molar-refractivity contribution in [2.45, 2.75) is 39.6 Å². The molecule has 0 saturated carbocycles. The third-order valence-corrected chi connectivity index (χ3v) is 6.20. The van der Waals surface area contributed by atoms with Gasteiger partial charge >= 0.3 is 18.9 Å². The molecule has 0 amide bonds. The van der Waals surface area contributed by atoms with Crippen LogP contribution in [-0.2, 0) is 14.2 Å². The predicted molar refractivity (Wildman–Crippen MR) is 126 cm³/mol. The summed E-state index contributed by atoms with van der Waals surface area (Å²) >= 11 is 12.5. The molecule has 4 unspecified atom stereocenters. The van der Waals surface area contributed by atoms with Gasteiger partial charge in [0.25, 0.3) is 0 Å². The second-order valence-corrected chi connectivity index (χ2v) is 8.63. The number of halogens is 2. The molecular weight excluding hydrogens is 485 g/mol. The summed E-state index contributed by atoms with van der Waals surface area (Å²) in [5.41, 5.74) is -0.0386. The predicted octanol–water partition coefficient (Wildman–Crippen LogP) is 2.26. The van der Waals surface area contributed by atoms with Gasteiger partial charge in [0.05, 0.1) is 20.9 Å². The molecule has 11 heteroatoms. The fourth-order valence-corrected chi connectivity index (χ4v) is 4.38. The van der Waals surface area contributed by atoms with Gasteiger partial charge in [0.2, 0.25) is 0 Å². The molecule has 0 radical (unpaired) electrons. The maximum absolute atomic E-state index is 13.2. The van der Waals surface area contributed by atoms with Gasteiger partial charge in [-0.3, -0.25) is 4.79 Å². The Hall–Kier alpha value is -1.00. The molecular formula is C22H27Cl2LiO7P+. The monoisotopic (exact) mass is 511 g/mol. The van der Waals surface area contributed by atoms with Crippen LogP contribution >= 0.6 is 31.8 Å². The molecule has 0 aliphatic heterocycles. The van der Waals surface area contributed by atoms with Gasteiger partial charge in [0.15, 0.2) is 24.4 Å². The number of rotatable bonds is 12. The zero-order valence-corrected chi connectivity index (χ0v) is 22.2. The SMILES string of the molecule is COC(C)Oc1cc(OC(C)OC)c(PC(=O)c2c(Cl)cccc2Cl)c(OC(C)OC)c1.[Li+]. The van der Waals surface area contributed by atoms with Crippen molar-refractivity contribution >= 4 is 42.6 Å². The van der Waals surface area contributed by atoms with Gasteiger partial charge < -0.3 is 28.4 Å². The van der Waals surface area contributed by atoms with E-state index < -0.39 is 27.5 Å². The Morgan fingerprint density at radius 3 is 1.67 bits per heavy atom. The van der Waals surface area contributed by atoms with Gasteiger partial charge in [0, 0.05) is 33.5 Å². The van der Waals surface area contributed by atoms with E-state index in [0.717, 1.165) is 0 Å². The molecule has 7 nitrogen and oxygen atoms in total. The van der Waals surface area contributed by atoms with Crippen molar-refractivity contribution in [2.75, 3.05) is 21.3 Å². The van der Waals surface area contributed by atoms with Crippen LogP contribution in [0.3, 0.4) is 0 Å². The molecule has 33 heavy (non-hydrogen) atoms. The quantitative estimate of drug-likeness (QED) is 0.246. The molecule has 2 aromatic carbocycles. The summed E-state index contributed by atoms with van der Waals surface area (Å²) in [5, 5.41) is 1.03. The Balaban J connectivity index is 0.00000544. The largest absolute Gasteiger partial charge is 1.00 e. The Bertz CT molecular complexity index is 878. The van der Waals surface area contributed by atoms with E-state index in [4.69, 9.17) is 51.6 Å². The number of hydrogen-bond acceptors (Lipinski definition) is 7. The molecule has 4 atom stereocenters. The minimum atomic E-state index is -0.597. The summed E-state index contributed by atoms with van der Waals surface area (Å²) < 4.78 is 33.3. The first kappa shape index (κ1) is 30.0. The molecule has 0 spiro atoms. The van der Waals surface area contributed by atoms with Gasteiger partial charge in [0.1, 0.15) is 17.2 Å². The summed E-state index contributed by atoms with van der Waals surface area (Å²) in [6.07, 6.45) is -1.71. The van der Waals surface area contributed by atoms with Crippen LogP contribution in [0.1, 0.15) is 31.1 Å². The number of methoxy groups -OCH3 is 3. The van der Waals surface area contributed by atoms with Crippen LogP contribution in [-0.4, -0.2) is 45.7 Å². The average molecular weight is 512 g/mol. The maximum atomic E-state index is 13.2. The van der Waals surface area contributed by atoms with Crippen LogP contribution in [0, 0.1) is 0 Å². The van der Waals surface area contributed by atoms with Crippen molar-refractivity contribution in [2.24, 2.45) is 0 Å². The maximum Gasteiger partial charge on any atom is 1.00 e. The summed E-state index contributed by atoms with van der Waals surface area (Å²) in [4.78, 5) is 13.2. The Morgan fingerprint density at radius 1 is 0.818 bits per heavy atom. The first-order valence-electron chi connectivity index (χ1n) is 9.71. The topological polar surface area (TPSA) is 72.5 Å². The summed E-state index contributed by atoms with van der Waals surface area (Å²) in [7, 11) is 4.14. The van der Waals surface area contributed by atoms with Gasteiger partial charge in [-0.05, 0) is 41.5 Å². The molecule has 0 fully saturated rings. The van der Waals surface area contributed by atoms with E-state index in [0.29, 0.717) is 22.6 Å². The van der Waals surface area contributed by atoms with Crippen molar-refractivity contribution in [3.8, 4) is 17.2 Å². The minimum absolute atomic E-state index is 0. The molecule has 2 aromatic rings. The Kier molecular flexibility index (Phi) is 13.1. The van der Waals surface area contributed by atoms with Crippen LogP contribution in [0.15, 0.2) is 30.3 Å². The van der Waals surface area contributed by atoms with E-state index in [1.54, 1.807) is 51.1 Å². The summed E-state index contributed by atoms with van der Waals surface area (Å²) in [5.74, 6) is 1.13. The molecule has 0 aliphatic rings. The second kappa shape index (κ2) is 14.4. The van der Waals surface area contributed by atoms with Crippen LogP contribution in [0.4, 0.5) is 0 Å². The van der Waals surface area contributed by atoms with Crippen molar-refractivity contribution in [1.29, 1.82) is 0 Å². The van der Waals surface area contributed by atoms with E-state index in [1.807, 2.05) is 0 Å². The molecule has 0 bridgehead atoms. The third-order valence-electron chi connectivity index (χ3n) is 4.35. The smallest absolute Gasteiger partial charge is 0.465 e. The molecule has 0 heterocycles. The number of carbonyl (C=O) groups is 1. The number of benzene rings is 2. The standard InChI is InChI=1S/C22H27Cl2O7P.Li/c1-12(26-4)29-15-10-18(30-13(2)27-5)21(19(11-15)31-14(3)28-6)32-22(25)20-16(23)8-7-9-17(20)24;/h7-14,32H,1-6H3;/q;+1. The van der Waals surface area contributed by atoms with Gasteiger partial charge in [-0.1, -0.05) is 29.3 Å². The minimum Gasteiger partial charge on any atom is -0.465 e. The summed E-state index contributed by atoms with van der Waals surface area (Å²) in [6.45, 7) is 5.20. The number of carbonyl (C=O) groups excluding carboxylic acids is 1. The Morgan fingerprint density at radius 2 is 1.24 bits per heavy atom. The van der Waals surface area contributed by atoms with Crippen molar-refractivity contribution in [3.63, 3.8) is 0 Å². The molecule has 0 aliphatic carbocycles. The van der Waals surface area contributed by atoms with Gasteiger partial charge in [-0.2, -0.15) is 0 Å². The third kappa shape index (κ3) is 8.62. The van der Waals surface area contributed by atoms with Crippen LogP contribution in [0.2, 0.25) is 10.0 Å². The second-order valence-electron chi connectivity index (χ2n) is 6.61. The van der Waals surface area contributed by atoms with Gasteiger partial charge in [-0.25, -0.2) is 0 Å². The van der Waals surface area contributed by atoms with Crippen LogP contribution < -0.4 is 38.4 Å². The number of ether oxygens (including phenoxy) is 6. The van der Waals surface area contributed by atoms with E-state index >= 15 is 0 Å². The van der Waals surface area contributed by atoms with Crippen molar-refractivity contribution in [3.05, 3.63) is 45.9 Å². The van der Waals surface area contributed by atoms with Crippen LogP contribution in [0.5, 0.6) is 17.2 Å². The normalized spacial score (nSPS) is 13.8. The van der Waals surface area contributed by atoms with Crippen LogP contribution in [0.25, 0.3) is 0 Å². The van der Waals surface area contributed by atoms with Crippen molar-refractivity contribution in [1.82, 2.24) is 0 Å². The molecule has 0 aromatic heterocycles. The fraction of sp³-hybridized carbons (Fsp3) is 0.409. The molecule has 0 saturated heterocycles. The van der Waals surface area contributed by atoms with Crippen molar-refractivity contribution < 1.29 is 52.1 Å². The number of hydrogen-bond donors (Lipinski definition) is 0.